The Morgan fingerprint density at radius 3 is 2.11 bits per heavy atom. The van der Waals surface area contributed by atoms with Crippen LogP contribution in [0.2, 0.25) is 0 Å². The van der Waals surface area contributed by atoms with Crippen molar-refractivity contribution < 1.29 is 23.8 Å². The molecule has 3 aromatic carbocycles. The average Bonchev–Trinajstić information content (AvgIpc) is 2.88. The minimum Gasteiger partial charge on any atom is -0.507 e. The molecule has 1 atom stereocenters. The third-order valence-electron chi connectivity index (χ3n) is 5.59. The number of nitrogens with two attached hydrogens (primary N) is 1. The highest BCUT2D eigenvalue weighted by Gasteiger charge is 2.38. The van der Waals surface area contributed by atoms with E-state index >= 15 is 0 Å². The fourth-order valence-electron chi connectivity index (χ4n) is 3.94. The van der Waals surface area contributed by atoms with Gasteiger partial charge in [0.05, 0.1) is 34.7 Å². The van der Waals surface area contributed by atoms with Gasteiger partial charge in [0.2, 0.25) is 0 Å². The molecule has 3 N–H and O–H groups in total. The number of benzene rings is 3. The highest BCUT2D eigenvalue weighted by molar-refractivity contribution is 6.12. The lowest BCUT2D eigenvalue weighted by Crippen LogP contribution is -2.29. The van der Waals surface area contributed by atoms with E-state index in [1.165, 1.54) is 6.07 Å². The van der Waals surface area contributed by atoms with Crippen molar-refractivity contribution in [3.05, 3.63) is 118 Å². The second kappa shape index (κ2) is 10.1. The van der Waals surface area contributed by atoms with Crippen molar-refractivity contribution >= 4 is 28.4 Å². The first-order valence-electron chi connectivity index (χ1n) is 11.0. The van der Waals surface area contributed by atoms with Crippen LogP contribution in [-0.2, 0) is 9.53 Å². The summed E-state index contributed by atoms with van der Waals surface area (Å²) in [6.07, 6.45) is 0. The molecule has 0 saturated carbocycles. The van der Waals surface area contributed by atoms with Gasteiger partial charge in [0.25, 0.3) is 0 Å². The second-order valence-electron chi connectivity index (χ2n) is 7.73. The van der Waals surface area contributed by atoms with Gasteiger partial charge >= 0.3 is 11.6 Å². The van der Waals surface area contributed by atoms with Crippen LogP contribution in [0.1, 0.15) is 34.3 Å². The molecular formula is C28H23NO6. The smallest absolute Gasteiger partial charge is 0.344 e. The van der Waals surface area contributed by atoms with E-state index in [0.29, 0.717) is 5.56 Å². The van der Waals surface area contributed by atoms with Gasteiger partial charge in [0, 0.05) is 5.56 Å². The van der Waals surface area contributed by atoms with Gasteiger partial charge in [0.15, 0.2) is 5.78 Å². The van der Waals surface area contributed by atoms with Crippen LogP contribution >= 0.6 is 0 Å². The Morgan fingerprint density at radius 2 is 1.49 bits per heavy atom. The van der Waals surface area contributed by atoms with E-state index in [2.05, 4.69) is 0 Å². The molecule has 4 aromatic rings. The SMILES string of the molecule is CCOC(=O)/C(=C(/N)c1ccccc1)C(C(=O)c1ccccc1)c1c(O)c2ccccc2oc1=O. The molecule has 1 unspecified atom stereocenters. The first kappa shape index (κ1) is 23.5. The van der Waals surface area contributed by atoms with E-state index in [-0.39, 0.29) is 40.0 Å². The molecule has 4 rings (SSSR count). The fourth-order valence-corrected chi connectivity index (χ4v) is 3.94. The van der Waals surface area contributed by atoms with E-state index in [0.717, 1.165) is 0 Å². The largest absolute Gasteiger partial charge is 0.507 e. The summed E-state index contributed by atoms with van der Waals surface area (Å²) in [6.45, 7) is 1.62. The predicted octanol–water partition coefficient (Wildman–Crippen LogP) is 4.40. The van der Waals surface area contributed by atoms with Crippen molar-refractivity contribution in [2.75, 3.05) is 6.61 Å². The highest BCUT2D eigenvalue weighted by Crippen LogP contribution is 2.38. The zero-order valence-electron chi connectivity index (χ0n) is 18.9. The van der Waals surface area contributed by atoms with E-state index in [1.807, 2.05) is 0 Å². The lowest BCUT2D eigenvalue weighted by molar-refractivity contribution is -0.138. The maximum Gasteiger partial charge on any atom is 0.344 e. The molecule has 0 fully saturated rings. The topological polar surface area (TPSA) is 120 Å². The predicted molar refractivity (Wildman–Crippen MR) is 132 cm³/mol. The first-order valence-corrected chi connectivity index (χ1v) is 11.0. The molecule has 176 valence electrons. The van der Waals surface area contributed by atoms with Gasteiger partial charge in [0.1, 0.15) is 11.3 Å². The molecule has 0 amide bonds. The van der Waals surface area contributed by atoms with Crippen molar-refractivity contribution in [3.8, 4) is 5.75 Å². The molecule has 35 heavy (non-hydrogen) atoms. The summed E-state index contributed by atoms with van der Waals surface area (Å²) in [5.74, 6) is -3.55. The Bertz CT molecular complexity index is 1470. The number of aromatic hydroxyl groups is 1. The van der Waals surface area contributed by atoms with Gasteiger partial charge in [-0.15, -0.1) is 0 Å². The lowest BCUT2D eigenvalue weighted by atomic mass is 9.82. The monoisotopic (exact) mass is 469 g/mol. The Balaban J connectivity index is 2.08. The maximum absolute atomic E-state index is 13.9. The van der Waals surface area contributed by atoms with Gasteiger partial charge in [-0.05, 0) is 24.6 Å². The summed E-state index contributed by atoms with van der Waals surface area (Å²) in [4.78, 5) is 40.3. The Hall–Kier alpha value is -4.65. The van der Waals surface area contributed by atoms with E-state index in [4.69, 9.17) is 14.9 Å². The third kappa shape index (κ3) is 4.56. The summed E-state index contributed by atoms with van der Waals surface area (Å²) in [5.41, 5.74) is 5.60. The molecule has 0 aliphatic carbocycles. The molecule has 0 radical (unpaired) electrons. The Labute approximate surface area is 201 Å². The third-order valence-corrected chi connectivity index (χ3v) is 5.59. The quantitative estimate of drug-likeness (QED) is 0.178. The molecule has 1 aromatic heterocycles. The fraction of sp³-hybridized carbons (Fsp3) is 0.107. The lowest BCUT2D eigenvalue weighted by Gasteiger charge is -2.21. The zero-order chi connectivity index (χ0) is 24.9. The minimum atomic E-state index is -1.59. The Kier molecular flexibility index (Phi) is 6.78. The average molecular weight is 469 g/mol. The summed E-state index contributed by atoms with van der Waals surface area (Å²) in [6, 6.07) is 23.1. The van der Waals surface area contributed by atoms with Crippen molar-refractivity contribution in [2.45, 2.75) is 12.8 Å². The molecule has 0 saturated heterocycles. The number of hydrogen-bond donors (Lipinski definition) is 2. The number of carbonyl (C=O) groups is 2. The summed E-state index contributed by atoms with van der Waals surface area (Å²) in [5, 5.41) is 11.4. The highest BCUT2D eigenvalue weighted by atomic mass is 16.5. The number of ketones is 1. The number of hydrogen-bond acceptors (Lipinski definition) is 7. The number of fused-ring (bicyclic) bond motifs is 1. The van der Waals surface area contributed by atoms with Gasteiger partial charge in [-0.3, -0.25) is 4.79 Å². The molecule has 7 heteroatoms. The van der Waals surface area contributed by atoms with Crippen molar-refractivity contribution in [1.82, 2.24) is 0 Å². The second-order valence-corrected chi connectivity index (χ2v) is 7.73. The van der Waals surface area contributed by atoms with Gasteiger partial charge in [-0.25, -0.2) is 9.59 Å². The standard InChI is InChI=1S/C28H23NO6/c1-2-34-27(32)22(24(29)17-11-5-3-6-12-17)21(25(30)18-13-7-4-8-14-18)23-26(31)19-15-9-10-16-20(19)35-28(23)33/h3-16,21,31H,2,29H2,1H3/b24-22+. The number of ether oxygens (including phenoxy) is 1. The molecule has 1 heterocycles. The number of para-hydroxylation sites is 1. The normalized spacial score (nSPS) is 12.6. The molecule has 0 aliphatic heterocycles. The van der Waals surface area contributed by atoms with Crippen LogP contribution in [0, 0.1) is 0 Å². The molecule has 0 spiro atoms. The minimum absolute atomic E-state index is 0.00889. The van der Waals surface area contributed by atoms with Crippen molar-refractivity contribution in [2.24, 2.45) is 5.73 Å². The maximum atomic E-state index is 13.9. The Morgan fingerprint density at radius 1 is 0.914 bits per heavy atom. The molecule has 0 bridgehead atoms. The van der Waals surface area contributed by atoms with E-state index in [9.17, 15) is 19.5 Å². The number of rotatable bonds is 7. The van der Waals surface area contributed by atoms with Crippen LogP contribution in [-0.4, -0.2) is 23.5 Å². The van der Waals surface area contributed by atoms with Crippen LogP contribution in [0.25, 0.3) is 16.7 Å². The number of Topliss-reactive ketones (excluding diaryl/α,β-unsaturated/α-hetero) is 1. The van der Waals surface area contributed by atoms with Crippen LogP contribution < -0.4 is 11.4 Å². The first-order chi connectivity index (χ1) is 16.9. The van der Waals surface area contributed by atoms with E-state index in [1.54, 1.807) is 85.8 Å². The summed E-state index contributed by atoms with van der Waals surface area (Å²) >= 11 is 0. The molecule has 0 aliphatic rings. The summed E-state index contributed by atoms with van der Waals surface area (Å²) < 4.78 is 10.7. The van der Waals surface area contributed by atoms with Crippen LogP contribution in [0.4, 0.5) is 0 Å². The zero-order valence-corrected chi connectivity index (χ0v) is 18.9. The van der Waals surface area contributed by atoms with Crippen LogP contribution in [0.3, 0.4) is 0 Å². The van der Waals surface area contributed by atoms with Crippen LogP contribution in [0.5, 0.6) is 5.75 Å². The van der Waals surface area contributed by atoms with Crippen molar-refractivity contribution in [3.63, 3.8) is 0 Å². The van der Waals surface area contributed by atoms with Crippen molar-refractivity contribution in [1.29, 1.82) is 0 Å². The number of esters is 1. The summed E-state index contributed by atoms with van der Waals surface area (Å²) in [7, 11) is 0. The van der Waals surface area contributed by atoms with Gasteiger partial charge < -0.3 is 20.0 Å². The van der Waals surface area contributed by atoms with Crippen LogP contribution in [0.15, 0.2) is 99.7 Å². The number of carbonyl (C=O) groups excluding carboxylic acids is 2. The molecule has 7 nitrogen and oxygen atoms in total. The van der Waals surface area contributed by atoms with E-state index < -0.39 is 29.0 Å². The van der Waals surface area contributed by atoms with Gasteiger partial charge in [-0.1, -0.05) is 72.8 Å². The van der Waals surface area contributed by atoms with Gasteiger partial charge in [-0.2, -0.15) is 0 Å². The molecular weight excluding hydrogens is 446 g/mol.